The zero-order valence-electron chi connectivity index (χ0n) is 15.5. The molecule has 1 aromatic carbocycles. The van der Waals surface area contributed by atoms with Gasteiger partial charge in [0, 0.05) is 16.3 Å². The van der Waals surface area contributed by atoms with Crippen LogP contribution in [0.2, 0.25) is 5.02 Å². The summed E-state index contributed by atoms with van der Waals surface area (Å²) in [5.41, 5.74) is 1.63. The van der Waals surface area contributed by atoms with Crippen molar-refractivity contribution in [2.45, 2.75) is 43.9 Å². The van der Waals surface area contributed by atoms with Crippen LogP contribution in [0.3, 0.4) is 0 Å². The molecule has 2 aromatic rings. The van der Waals surface area contributed by atoms with Gasteiger partial charge in [0.2, 0.25) is 5.91 Å². The molecule has 1 heterocycles. The summed E-state index contributed by atoms with van der Waals surface area (Å²) in [6, 6.07) is 8.22. The van der Waals surface area contributed by atoms with Crippen LogP contribution in [0.1, 0.15) is 42.2 Å². The summed E-state index contributed by atoms with van der Waals surface area (Å²) >= 11 is 7.26. The number of anilines is 1. The molecule has 0 unspecified atom stereocenters. The molecule has 0 saturated carbocycles. The number of nitrogens with one attached hydrogen (secondary N) is 1. The quantitative estimate of drug-likeness (QED) is 0.717. The van der Waals surface area contributed by atoms with Crippen molar-refractivity contribution >= 4 is 43.7 Å². The second kappa shape index (κ2) is 8.64. The Morgan fingerprint density at radius 3 is 2.75 bits per heavy atom. The molecule has 0 radical (unpaired) electrons. The highest BCUT2D eigenvalue weighted by Crippen LogP contribution is 2.39. The molecule has 1 N–H and O–H groups in total. The first-order chi connectivity index (χ1) is 13.3. The van der Waals surface area contributed by atoms with Gasteiger partial charge in [-0.1, -0.05) is 18.5 Å². The second-order valence-electron chi connectivity index (χ2n) is 7.09. The average molecular weight is 437 g/mol. The number of carbonyl (C=O) groups is 1. The van der Waals surface area contributed by atoms with E-state index in [2.05, 4.69) is 18.3 Å². The van der Waals surface area contributed by atoms with E-state index in [4.69, 9.17) is 11.6 Å². The molecular formula is C20H21ClN2O3S2. The highest BCUT2D eigenvalue weighted by Gasteiger charge is 2.24. The van der Waals surface area contributed by atoms with Crippen LogP contribution in [0.4, 0.5) is 5.00 Å². The topological polar surface area (TPSA) is 87.0 Å². The molecule has 8 heteroatoms. The molecule has 0 bridgehead atoms. The number of hydrogen-bond donors (Lipinski definition) is 1. The Hall–Kier alpha value is -1.88. The summed E-state index contributed by atoms with van der Waals surface area (Å²) in [6.45, 7) is 2.19. The van der Waals surface area contributed by atoms with Crippen molar-refractivity contribution in [1.29, 1.82) is 5.26 Å². The zero-order chi connectivity index (χ0) is 20.3. The Labute approximate surface area is 174 Å². The van der Waals surface area contributed by atoms with E-state index >= 15 is 0 Å². The highest BCUT2D eigenvalue weighted by atomic mass is 35.5. The largest absolute Gasteiger partial charge is 0.317 e. The molecule has 0 saturated heterocycles. The third kappa shape index (κ3) is 4.75. The highest BCUT2D eigenvalue weighted by molar-refractivity contribution is 7.91. The first-order valence-corrected chi connectivity index (χ1v) is 12.0. The predicted octanol–water partition coefficient (Wildman–Crippen LogP) is 4.59. The fourth-order valence-corrected chi connectivity index (χ4v) is 6.14. The van der Waals surface area contributed by atoms with E-state index in [0.717, 1.165) is 24.8 Å². The lowest BCUT2D eigenvalue weighted by molar-refractivity contribution is -0.116. The smallest absolute Gasteiger partial charge is 0.225 e. The second-order valence-corrected chi connectivity index (χ2v) is 10.7. The summed E-state index contributed by atoms with van der Waals surface area (Å²) in [5, 5.41) is 13.4. The van der Waals surface area contributed by atoms with Crippen LogP contribution in [0.25, 0.3) is 0 Å². The van der Waals surface area contributed by atoms with E-state index in [1.807, 2.05) is 0 Å². The number of nitrogens with zero attached hydrogens (tertiary/aromatic N) is 1. The maximum Gasteiger partial charge on any atom is 0.225 e. The lowest BCUT2D eigenvalue weighted by Gasteiger charge is -2.17. The van der Waals surface area contributed by atoms with Crippen LogP contribution in [-0.4, -0.2) is 20.1 Å². The van der Waals surface area contributed by atoms with Gasteiger partial charge in [0.05, 0.1) is 16.2 Å². The van der Waals surface area contributed by atoms with Crippen molar-refractivity contribution in [3.05, 3.63) is 45.3 Å². The number of fused-ring (bicyclic) bond motifs is 1. The SMILES string of the molecule is C[C@H]1CCc2c(sc(NC(=O)CCCS(=O)(=O)c3ccc(Cl)cc3)c2C#N)C1. The number of benzene rings is 1. The zero-order valence-corrected chi connectivity index (χ0v) is 17.9. The van der Waals surface area contributed by atoms with Gasteiger partial charge in [0.1, 0.15) is 11.1 Å². The number of hydrogen-bond acceptors (Lipinski definition) is 5. The molecule has 1 aliphatic carbocycles. The fraction of sp³-hybridized carbons (Fsp3) is 0.400. The van der Waals surface area contributed by atoms with E-state index in [1.165, 1.54) is 40.5 Å². The van der Waals surface area contributed by atoms with Crippen molar-refractivity contribution in [2.75, 3.05) is 11.1 Å². The molecule has 5 nitrogen and oxygen atoms in total. The van der Waals surface area contributed by atoms with Crippen LogP contribution < -0.4 is 5.32 Å². The van der Waals surface area contributed by atoms with Gasteiger partial charge in [-0.05, 0) is 61.4 Å². The first-order valence-electron chi connectivity index (χ1n) is 9.13. The van der Waals surface area contributed by atoms with Crippen molar-refractivity contribution in [3.8, 4) is 6.07 Å². The van der Waals surface area contributed by atoms with Gasteiger partial charge in [0.25, 0.3) is 0 Å². The van der Waals surface area contributed by atoms with E-state index in [1.54, 1.807) is 0 Å². The van der Waals surface area contributed by atoms with E-state index in [0.29, 0.717) is 21.5 Å². The summed E-state index contributed by atoms with van der Waals surface area (Å²) in [6.07, 6.45) is 3.14. The molecule has 3 rings (SSSR count). The van der Waals surface area contributed by atoms with Crippen LogP contribution in [0.5, 0.6) is 0 Å². The Bertz CT molecular complexity index is 1020. The van der Waals surface area contributed by atoms with Gasteiger partial charge in [-0.15, -0.1) is 11.3 Å². The van der Waals surface area contributed by atoms with Gasteiger partial charge in [0.15, 0.2) is 9.84 Å². The van der Waals surface area contributed by atoms with Crippen LogP contribution in [0, 0.1) is 17.2 Å². The normalized spacial score (nSPS) is 16.2. The number of halogens is 1. The number of thiophene rings is 1. The van der Waals surface area contributed by atoms with Crippen molar-refractivity contribution in [1.82, 2.24) is 0 Å². The fourth-order valence-electron chi connectivity index (χ4n) is 3.33. The van der Waals surface area contributed by atoms with Crippen molar-refractivity contribution in [2.24, 2.45) is 5.92 Å². The Morgan fingerprint density at radius 2 is 2.07 bits per heavy atom. The van der Waals surface area contributed by atoms with Crippen LogP contribution >= 0.6 is 22.9 Å². The molecule has 0 spiro atoms. The standard InChI is InChI=1S/C20H21ClN2O3S2/c1-13-4-9-16-17(12-22)20(27-18(16)11-13)23-19(24)3-2-10-28(25,26)15-7-5-14(21)6-8-15/h5-8,13H,2-4,9-11H2,1H3,(H,23,24)/t13-/m0/s1. The molecule has 1 aliphatic rings. The molecule has 148 valence electrons. The van der Waals surface area contributed by atoms with Gasteiger partial charge >= 0.3 is 0 Å². The third-order valence-electron chi connectivity index (χ3n) is 4.87. The maximum atomic E-state index is 12.3. The lowest BCUT2D eigenvalue weighted by atomic mass is 9.89. The molecule has 1 atom stereocenters. The van der Waals surface area contributed by atoms with Crippen LogP contribution in [-0.2, 0) is 27.5 Å². The number of nitriles is 1. The van der Waals surface area contributed by atoms with Gasteiger partial charge in [-0.2, -0.15) is 5.26 Å². The van der Waals surface area contributed by atoms with E-state index < -0.39 is 9.84 Å². The summed E-state index contributed by atoms with van der Waals surface area (Å²) in [5.74, 6) is 0.194. The van der Waals surface area contributed by atoms with Gasteiger partial charge in [-0.3, -0.25) is 4.79 Å². The Balaban J connectivity index is 1.59. The molecule has 0 aliphatic heterocycles. The predicted molar refractivity (Wildman–Crippen MR) is 112 cm³/mol. The summed E-state index contributed by atoms with van der Waals surface area (Å²) < 4.78 is 24.7. The minimum Gasteiger partial charge on any atom is -0.317 e. The van der Waals surface area contributed by atoms with Gasteiger partial charge in [-0.25, -0.2) is 8.42 Å². The van der Waals surface area contributed by atoms with E-state index in [-0.39, 0.29) is 29.4 Å². The molecule has 1 aromatic heterocycles. The number of carbonyl (C=O) groups excluding carboxylic acids is 1. The molecular weight excluding hydrogens is 416 g/mol. The average Bonchev–Trinajstić information content (AvgIpc) is 2.97. The minimum absolute atomic E-state index is 0.0800. The maximum absolute atomic E-state index is 12.3. The summed E-state index contributed by atoms with van der Waals surface area (Å²) in [7, 11) is -3.46. The number of amides is 1. The lowest BCUT2D eigenvalue weighted by Crippen LogP contribution is -2.14. The summed E-state index contributed by atoms with van der Waals surface area (Å²) in [4.78, 5) is 13.7. The molecule has 0 fully saturated rings. The Morgan fingerprint density at radius 1 is 1.36 bits per heavy atom. The van der Waals surface area contributed by atoms with Gasteiger partial charge < -0.3 is 5.32 Å². The van der Waals surface area contributed by atoms with Crippen LogP contribution in [0.15, 0.2) is 29.2 Å². The number of sulfone groups is 1. The van der Waals surface area contributed by atoms with E-state index in [9.17, 15) is 18.5 Å². The first kappa shape index (κ1) is 20.8. The van der Waals surface area contributed by atoms with Crippen molar-refractivity contribution < 1.29 is 13.2 Å². The Kier molecular flexibility index (Phi) is 6.43. The monoisotopic (exact) mass is 436 g/mol. The molecule has 1 amide bonds. The minimum atomic E-state index is -3.46. The number of rotatable bonds is 6. The molecule has 28 heavy (non-hydrogen) atoms. The third-order valence-corrected chi connectivity index (χ3v) is 8.10. The van der Waals surface area contributed by atoms with Crippen molar-refractivity contribution in [3.63, 3.8) is 0 Å².